The Balaban J connectivity index is 1.89. The van der Waals surface area contributed by atoms with Gasteiger partial charge in [-0.25, -0.2) is 0 Å². The summed E-state index contributed by atoms with van der Waals surface area (Å²) < 4.78 is 0. The number of piperidine rings is 1. The summed E-state index contributed by atoms with van der Waals surface area (Å²) in [5.41, 5.74) is 0.881. The maximum atomic E-state index is 11.9. The third kappa shape index (κ3) is 2.83. The Kier molecular flexibility index (Phi) is 3.57. The van der Waals surface area contributed by atoms with Crippen LogP contribution in [-0.4, -0.2) is 18.5 Å². The molecule has 1 amide bonds. The van der Waals surface area contributed by atoms with Crippen molar-refractivity contribution < 1.29 is 4.79 Å². The van der Waals surface area contributed by atoms with Gasteiger partial charge in [0.05, 0.1) is 5.92 Å². The molecule has 1 aliphatic heterocycles. The van der Waals surface area contributed by atoms with Crippen LogP contribution in [0.25, 0.3) is 0 Å². The molecule has 0 saturated carbocycles. The highest BCUT2D eigenvalue weighted by atomic mass is 16.1. The van der Waals surface area contributed by atoms with Gasteiger partial charge in [0.1, 0.15) is 0 Å². The number of hydrogen-bond donors (Lipinski definition) is 2. The Labute approximate surface area is 96.2 Å². The highest BCUT2D eigenvalue weighted by Crippen LogP contribution is 2.16. The first-order valence-electron chi connectivity index (χ1n) is 5.85. The average molecular weight is 218 g/mol. The zero-order chi connectivity index (χ0) is 11.4. The largest absolute Gasteiger partial charge is 0.326 e. The number of amides is 1. The molecule has 2 atom stereocenters. The molecule has 0 aromatic heterocycles. The minimum Gasteiger partial charge on any atom is -0.326 e. The van der Waals surface area contributed by atoms with Gasteiger partial charge in [0.25, 0.3) is 0 Å². The van der Waals surface area contributed by atoms with Gasteiger partial charge in [0, 0.05) is 18.3 Å². The monoisotopic (exact) mass is 218 g/mol. The lowest BCUT2D eigenvalue weighted by molar-refractivity contribution is -0.120. The van der Waals surface area contributed by atoms with Crippen molar-refractivity contribution in [1.29, 1.82) is 0 Å². The second-order valence-electron chi connectivity index (χ2n) is 4.44. The molecular formula is C13H18N2O. The van der Waals surface area contributed by atoms with Gasteiger partial charge in [-0.3, -0.25) is 4.79 Å². The topological polar surface area (TPSA) is 41.1 Å². The zero-order valence-electron chi connectivity index (χ0n) is 9.57. The molecule has 0 bridgehead atoms. The lowest BCUT2D eigenvalue weighted by Gasteiger charge is -2.26. The zero-order valence-corrected chi connectivity index (χ0v) is 9.57. The van der Waals surface area contributed by atoms with Crippen molar-refractivity contribution in [3.8, 4) is 0 Å². The second-order valence-corrected chi connectivity index (χ2v) is 4.44. The molecule has 1 aliphatic rings. The Bertz CT molecular complexity index is 342. The van der Waals surface area contributed by atoms with E-state index >= 15 is 0 Å². The van der Waals surface area contributed by atoms with Crippen molar-refractivity contribution in [1.82, 2.24) is 5.32 Å². The molecule has 16 heavy (non-hydrogen) atoms. The molecule has 0 aliphatic carbocycles. The summed E-state index contributed by atoms with van der Waals surface area (Å²) >= 11 is 0. The number of hydrogen-bond acceptors (Lipinski definition) is 2. The summed E-state index contributed by atoms with van der Waals surface area (Å²) in [6.45, 7) is 2.95. The van der Waals surface area contributed by atoms with Crippen molar-refractivity contribution >= 4 is 11.6 Å². The minimum absolute atomic E-state index is 0.108. The molecule has 1 saturated heterocycles. The van der Waals surface area contributed by atoms with E-state index in [-0.39, 0.29) is 11.8 Å². The number of carbonyl (C=O) groups is 1. The maximum absolute atomic E-state index is 11.9. The van der Waals surface area contributed by atoms with Crippen molar-refractivity contribution in [3.63, 3.8) is 0 Å². The van der Waals surface area contributed by atoms with Gasteiger partial charge in [-0.05, 0) is 31.9 Å². The third-order valence-electron chi connectivity index (χ3n) is 3.07. The molecule has 1 heterocycles. The average Bonchev–Trinajstić information content (AvgIpc) is 2.31. The van der Waals surface area contributed by atoms with E-state index < -0.39 is 0 Å². The minimum atomic E-state index is 0.108. The van der Waals surface area contributed by atoms with Crippen LogP contribution in [0.5, 0.6) is 0 Å². The molecule has 0 spiro atoms. The summed E-state index contributed by atoms with van der Waals surface area (Å²) in [6.07, 6.45) is 2.06. The Hall–Kier alpha value is -1.35. The first-order chi connectivity index (χ1) is 7.75. The fourth-order valence-corrected chi connectivity index (χ4v) is 1.99. The van der Waals surface area contributed by atoms with E-state index in [9.17, 15) is 4.79 Å². The van der Waals surface area contributed by atoms with Gasteiger partial charge in [0.2, 0.25) is 5.91 Å². The van der Waals surface area contributed by atoms with Crippen LogP contribution in [0.2, 0.25) is 0 Å². The fraction of sp³-hybridized carbons (Fsp3) is 0.462. The molecule has 1 aromatic carbocycles. The first-order valence-corrected chi connectivity index (χ1v) is 5.85. The van der Waals surface area contributed by atoms with Gasteiger partial charge in [-0.1, -0.05) is 18.2 Å². The van der Waals surface area contributed by atoms with Gasteiger partial charge >= 0.3 is 0 Å². The van der Waals surface area contributed by atoms with Gasteiger partial charge in [-0.2, -0.15) is 0 Å². The molecule has 3 nitrogen and oxygen atoms in total. The second kappa shape index (κ2) is 5.12. The van der Waals surface area contributed by atoms with Crippen LogP contribution in [0.3, 0.4) is 0 Å². The smallest absolute Gasteiger partial charge is 0.228 e. The molecule has 86 valence electrons. The molecule has 3 heteroatoms. The normalized spacial score (nSPS) is 25.1. The number of benzene rings is 1. The van der Waals surface area contributed by atoms with Crippen LogP contribution in [0, 0.1) is 5.92 Å². The first kappa shape index (κ1) is 11.1. The third-order valence-corrected chi connectivity index (χ3v) is 3.07. The summed E-state index contributed by atoms with van der Waals surface area (Å²) in [5, 5.41) is 6.29. The quantitative estimate of drug-likeness (QED) is 0.797. The van der Waals surface area contributed by atoms with E-state index in [4.69, 9.17) is 0 Å². The van der Waals surface area contributed by atoms with Crippen LogP contribution in [0.4, 0.5) is 5.69 Å². The summed E-state index contributed by atoms with van der Waals surface area (Å²) in [4.78, 5) is 11.9. The van der Waals surface area contributed by atoms with Crippen molar-refractivity contribution in [3.05, 3.63) is 30.3 Å². The molecule has 0 unspecified atom stereocenters. The fourth-order valence-electron chi connectivity index (χ4n) is 1.99. The van der Waals surface area contributed by atoms with Gasteiger partial charge in [-0.15, -0.1) is 0 Å². The van der Waals surface area contributed by atoms with Crippen molar-refractivity contribution in [2.45, 2.75) is 25.8 Å². The summed E-state index contributed by atoms with van der Waals surface area (Å²) in [5.74, 6) is 0.238. The molecule has 2 rings (SSSR count). The lowest BCUT2D eigenvalue weighted by Crippen LogP contribution is -2.41. The maximum Gasteiger partial charge on any atom is 0.228 e. The standard InChI is InChI=1S/C13H18N2O/c1-10-7-8-11(9-14-10)13(16)15-12-5-3-2-4-6-12/h2-6,10-11,14H,7-9H2,1H3,(H,15,16)/t10-,11+/m1/s1. The lowest BCUT2D eigenvalue weighted by atomic mass is 9.95. The number of nitrogens with one attached hydrogen (secondary N) is 2. The van der Waals surface area contributed by atoms with E-state index in [1.54, 1.807) is 0 Å². The molecule has 1 fully saturated rings. The number of para-hydroxylation sites is 1. The van der Waals surface area contributed by atoms with Crippen LogP contribution in [-0.2, 0) is 4.79 Å². The molecule has 2 N–H and O–H groups in total. The molecular weight excluding hydrogens is 200 g/mol. The van der Waals surface area contributed by atoms with Crippen LogP contribution >= 0.6 is 0 Å². The predicted octanol–water partition coefficient (Wildman–Crippen LogP) is 2.01. The van der Waals surface area contributed by atoms with E-state index in [1.165, 1.54) is 0 Å². The Morgan fingerprint density at radius 1 is 1.31 bits per heavy atom. The van der Waals surface area contributed by atoms with Crippen molar-refractivity contribution in [2.24, 2.45) is 5.92 Å². The SMILES string of the molecule is C[C@@H]1CC[C@H](C(=O)Nc2ccccc2)CN1. The number of anilines is 1. The van der Waals surface area contributed by atoms with Crippen molar-refractivity contribution in [2.75, 3.05) is 11.9 Å². The Morgan fingerprint density at radius 3 is 2.69 bits per heavy atom. The summed E-state index contributed by atoms with van der Waals surface area (Å²) in [7, 11) is 0. The summed E-state index contributed by atoms with van der Waals surface area (Å²) in [6, 6.07) is 10.2. The highest BCUT2D eigenvalue weighted by Gasteiger charge is 2.23. The van der Waals surface area contributed by atoms with E-state index in [2.05, 4.69) is 17.6 Å². The number of rotatable bonds is 2. The molecule has 0 radical (unpaired) electrons. The van der Waals surface area contributed by atoms with Crippen LogP contribution < -0.4 is 10.6 Å². The van der Waals surface area contributed by atoms with Gasteiger partial charge in [0.15, 0.2) is 0 Å². The van der Waals surface area contributed by atoms with E-state index in [0.717, 1.165) is 25.1 Å². The van der Waals surface area contributed by atoms with E-state index in [0.29, 0.717) is 6.04 Å². The molecule has 1 aromatic rings. The number of carbonyl (C=O) groups excluding carboxylic acids is 1. The van der Waals surface area contributed by atoms with Crippen LogP contribution in [0.1, 0.15) is 19.8 Å². The highest BCUT2D eigenvalue weighted by molar-refractivity contribution is 5.92. The Morgan fingerprint density at radius 2 is 2.06 bits per heavy atom. The van der Waals surface area contributed by atoms with E-state index in [1.807, 2.05) is 30.3 Å². The van der Waals surface area contributed by atoms with Gasteiger partial charge < -0.3 is 10.6 Å². The predicted molar refractivity (Wildman–Crippen MR) is 65.3 cm³/mol. The van der Waals surface area contributed by atoms with Crippen LogP contribution in [0.15, 0.2) is 30.3 Å².